The molecule has 1 aliphatic heterocycles. The third-order valence-corrected chi connectivity index (χ3v) is 8.31. The molecule has 14 heteroatoms. The molecule has 46 heavy (non-hydrogen) atoms. The molecule has 2 amide bonds. The average molecular weight is 645 g/mol. The van der Waals surface area contributed by atoms with Gasteiger partial charge in [0.1, 0.15) is 36.1 Å². The molecule has 242 valence electrons. The number of anilines is 5. The molecule has 2 aromatic heterocycles. The van der Waals surface area contributed by atoms with Crippen LogP contribution >= 0.6 is 11.9 Å². The molecule has 5 rings (SSSR count). The van der Waals surface area contributed by atoms with Gasteiger partial charge in [0, 0.05) is 61.1 Å². The molecule has 0 saturated carbocycles. The lowest BCUT2D eigenvalue weighted by Gasteiger charge is -2.32. The van der Waals surface area contributed by atoms with Crippen molar-refractivity contribution in [2.75, 3.05) is 67.3 Å². The van der Waals surface area contributed by atoms with Gasteiger partial charge in [-0.15, -0.1) is 0 Å². The number of hydrogen-bond acceptors (Lipinski definition) is 12. The molecule has 1 fully saturated rings. The van der Waals surface area contributed by atoms with E-state index >= 15 is 0 Å². The first-order valence-electron chi connectivity index (χ1n) is 15.0. The second-order valence-electron chi connectivity index (χ2n) is 11.8. The molecule has 3 heterocycles. The van der Waals surface area contributed by atoms with Crippen molar-refractivity contribution in [3.63, 3.8) is 0 Å². The number of nitrogens with zero attached hydrogens (tertiary/aromatic N) is 5. The van der Waals surface area contributed by atoms with E-state index in [1.807, 2.05) is 45.0 Å². The van der Waals surface area contributed by atoms with Crippen LogP contribution in [-0.4, -0.2) is 81.7 Å². The number of benzene rings is 2. The Morgan fingerprint density at radius 3 is 2.37 bits per heavy atom. The Balaban J connectivity index is 1.16. The van der Waals surface area contributed by atoms with Crippen molar-refractivity contribution in [2.45, 2.75) is 26.2 Å². The Hall–Kier alpha value is -4.66. The van der Waals surface area contributed by atoms with Gasteiger partial charge in [0.2, 0.25) is 0 Å². The van der Waals surface area contributed by atoms with Crippen LogP contribution in [0, 0.1) is 5.41 Å². The molecule has 1 saturated heterocycles. The van der Waals surface area contributed by atoms with Crippen molar-refractivity contribution in [3.05, 3.63) is 77.8 Å². The van der Waals surface area contributed by atoms with Gasteiger partial charge in [-0.2, -0.15) is 0 Å². The first-order valence-corrected chi connectivity index (χ1v) is 16.1. The Labute approximate surface area is 272 Å². The van der Waals surface area contributed by atoms with E-state index in [1.54, 1.807) is 42.3 Å². The number of nitrogens with two attached hydrogens (primary N) is 1. The first-order chi connectivity index (χ1) is 22.1. The van der Waals surface area contributed by atoms with Crippen LogP contribution in [0.15, 0.2) is 65.4 Å². The van der Waals surface area contributed by atoms with Crippen molar-refractivity contribution >= 4 is 52.5 Å². The highest BCUT2D eigenvalue weighted by Crippen LogP contribution is 2.27. The van der Waals surface area contributed by atoms with Crippen LogP contribution in [0.2, 0.25) is 0 Å². The lowest BCUT2D eigenvalue weighted by molar-refractivity contribution is 0.164. The highest BCUT2D eigenvalue weighted by atomic mass is 32.2. The fourth-order valence-electron chi connectivity index (χ4n) is 4.77. The smallest absolute Gasteiger partial charge is 0.324 e. The van der Waals surface area contributed by atoms with Gasteiger partial charge in [-0.3, -0.25) is 15.6 Å². The number of nitrogens with one attached hydrogen (secondary N) is 4. The molecule has 0 atom stereocenters. The average Bonchev–Trinajstić information content (AvgIpc) is 3.52. The maximum absolute atomic E-state index is 12.5. The third-order valence-electron chi connectivity index (χ3n) is 7.43. The molecule has 0 spiro atoms. The van der Waals surface area contributed by atoms with E-state index in [2.05, 4.69) is 46.5 Å². The van der Waals surface area contributed by atoms with Gasteiger partial charge in [-0.1, -0.05) is 37.9 Å². The van der Waals surface area contributed by atoms with E-state index in [0.717, 1.165) is 38.5 Å². The number of rotatable bonds is 11. The van der Waals surface area contributed by atoms with Gasteiger partial charge in [0.05, 0.1) is 11.3 Å². The number of nitrogen functional groups attached to an aromatic ring is 1. The Morgan fingerprint density at radius 1 is 1.02 bits per heavy atom. The van der Waals surface area contributed by atoms with E-state index in [-0.39, 0.29) is 16.9 Å². The zero-order valence-electron chi connectivity index (χ0n) is 26.5. The van der Waals surface area contributed by atoms with Crippen LogP contribution in [0.25, 0.3) is 0 Å². The topological polar surface area (TPSA) is 171 Å². The predicted molar refractivity (Wildman–Crippen MR) is 183 cm³/mol. The lowest BCUT2D eigenvalue weighted by Crippen LogP contribution is -2.44. The number of aromatic nitrogens is 3. The van der Waals surface area contributed by atoms with E-state index < -0.39 is 6.03 Å². The maximum Gasteiger partial charge on any atom is 0.324 e. The summed E-state index contributed by atoms with van der Waals surface area (Å²) in [7, 11) is 0. The van der Waals surface area contributed by atoms with E-state index in [0.29, 0.717) is 46.5 Å². The number of carbonyl (C=O) groups excluding carboxylic acids is 1. The second-order valence-corrected chi connectivity index (χ2v) is 12.7. The first kappa shape index (κ1) is 32.7. The minimum Gasteiger partial charge on any atom is -0.492 e. The van der Waals surface area contributed by atoms with Crippen LogP contribution < -0.4 is 26.4 Å². The van der Waals surface area contributed by atoms with Crippen LogP contribution in [0.1, 0.15) is 37.7 Å². The summed E-state index contributed by atoms with van der Waals surface area (Å²) in [5.74, 6) is 2.31. The molecule has 0 unspecified atom stereocenters. The molecule has 13 nitrogen and oxygen atoms in total. The van der Waals surface area contributed by atoms with Crippen molar-refractivity contribution in [1.82, 2.24) is 24.3 Å². The molecule has 4 aromatic rings. The van der Waals surface area contributed by atoms with Gasteiger partial charge < -0.3 is 25.6 Å². The molecule has 0 radical (unpaired) electrons. The summed E-state index contributed by atoms with van der Waals surface area (Å²) < 4.78 is 13.7. The fourth-order valence-corrected chi connectivity index (χ4v) is 5.30. The van der Waals surface area contributed by atoms with Crippen molar-refractivity contribution < 1.29 is 14.1 Å². The van der Waals surface area contributed by atoms with Gasteiger partial charge in [-0.25, -0.2) is 19.1 Å². The highest BCUT2D eigenvalue weighted by molar-refractivity contribution is 7.96. The van der Waals surface area contributed by atoms with Crippen LogP contribution in [0.3, 0.4) is 0 Å². The summed E-state index contributed by atoms with van der Waals surface area (Å²) in [6.07, 6.45) is 3.46. The predicted octanol–water partition coefficient (Wildman–Crippen LogP) is 5.42. The summed E-state index contributed by atoms with van der Waals surface area (Å²) in [5, 5.41) is 21.5. The van der Waals surface area contributed by atoms with E-state index in [1.165, 1.54) is 6.33 Å². The Kier molecular flexibility index (Phi) is 10.4. The normalized spacial score (nSPS) is 14.1. The molecule has 6 N–H and O–H groups in total. The fraction of sp³-hybridized carbons (Fsp3) is 0.344. The van der Waals surface area contributed by atoms with E-state index in [4.69, 9.17) is 20.4 Å². The number of hydrogen-bond donors (Lipinski definition) is 5. The van der Waals surface area contributed by atoms with Crippen LogP contribution in [-0.2, 0) is 5.41 Å². The maximum atomic E-state index is 12.5. The molecule has 2 aromatic carbocycles. The van der Waals surface area contributed by atoms with Gasteiger partial charge in [0.15, 0.2) is 5.82 Å². The molecule has 0 bridgehead atoms. The molecular formula is C32H40N10O3S. The van der Waals surface area contributed by atoms with Gasteiger partial charge in [-0.05, 0) is 54.8 Å². The monoisotopic (exact) mass is 644 g/mol. The van der Waals surface area contributed by atoms with Crippen molar-refractivity contribution in [2.24, 2.45) is 0 Å². The van der Waals surface area contributed by atoms with E-state index in [9.17, 15) is 4.79 Å². The largest absolute Gasteiger partial charge is 0.492 e. The Bertz CT molecular complexity index is 1630. The number of ether oxygens (including phenoxy) is 1. The van der Waals surface area contributed by atoms with Crippen molar-refractivity contribution in [3.8, 4) is 5.75 Å². The summed E-state index contributed by atoms with van der Waals surface area (Å²) in [6, 6.07) is 15.7. The standard InChI is InChI=1S/C32H40N10O3S/c1-32(2,3)25-19-26(40-45-25)39-31(43)38-23-9-7-22(8-10-23)37-30-27(29(34)35-20-36-30)28(33)21-5-11-24(12-6-21)44-18-17-41-13-15-42(46-4)16-14-41/h5-12,19-20,33H,13-18H2,1-4H3,(H3,34,35,36,37)(H2,38,39,40,43). The minimum atomic E-state index is -0.449. The summed E-state index contributed by atoms with van der Waals surface area (Å²) in [6.45, 7) is 11.7. The van der Waals surface area contributed by atoms with Gasteiger partial charge in [0.25, 0.3) is 0 Å². The second kappa shape index (κ2) is 14.6. The Morgan fingerprint density at radius 2 is 1.72 bits per heavy atom. The zero-order chi connectivity index (χ0) is 32.7. The lowest BCUT2D eigenvalue weighted by atomic mass is 9.93. The molecule has 0 aliphatic carbocycles. The quantitative estimate of drug-likeness (QED) is 0.104. The van der Waals surface area contributed by atoms with Crippen LogP contribution in [0.5, 0.6) is 5.75 Å². The summed E-state index contributed by atoms with van der Waals surface area (Å²) in [4.78, 5) is 23.4. The number of urea groups is 1. The SMILES string of the molecule is CSN1CCN(CCOc2ccc(C(=N)c3c(N)ncnc3Nc3ccc(NC(=O)Nc4cc(C(C)(C)C)on4)cc3)cc2)CC1. The zero-order valence-corrected chi connectivity index (χ0v) is 27.3. The molecular weight excluding hydrogens is 604 g/mol. The van der Waals surface area contributed by atoms with Gasteiger partial charge >= 0.3 is 6.03 Å². The summed E-state index contributed by atoms with van der Waals surface area (Å²) >= 11 is 1.80. The number of amides is 2. The number of carbonyl (C=O) groups is 1. The highest BCUT2D eigenvalue weighted by Gasteiger charge is 2.21. The van der Waals surface area contributed by atoms with Crippen LogP contribution in [0.4, 0.5) is 33.6 Å². The number of piperazine rings is 1. The molecule has 1 aliphatic rings. The van der Waals surface area contributed by atoms with Crippen molar-refractivity contribution in [1.29, 1.82) is 5.41 Å². The third kappa shape index (κ3) is 8.53. The minimum absolute atomic E-state index is 0.177. The summed E-state index contributed by atoms with van der Waals surface area (Å²) in [5.41, 5.74) is 8.47.